The Morgan fingerprint density at radius 2 is 2.10 bits per heavy atom. The van der Waals surface area contributed by atoms with Gasteiger partial charge in [0.15, 0.2) is 0 Å². The van der Waals surface area contributed by atoms with Crippen LogP contribution in [0.5, 0.6) is 6.01 Å². The molecule has 2 saturated heterocycles. The van der Waals surface area contributed by atoms with Gasteiger partial charge in [0.2, 0.25) is 5.91 Å². The standard InChI is InChI=1S/C28H33ClFN7O2/c1-3-25(38)37-15-14-36(16-19(37)9-11-31)27-21-10-13-35(24-8-4-7-22(30)26(24)29)17-23(21)32-28(33-27)39-18-20-6-5-12-34(20)2/h3-4,7-8,19-20H,1,5-6,9-10,12-18H2,2H3. The largest absolute Gasteiger partial charge is 0.462 e. The zero-order valence-electron chi connectivity index (χ0n) is 22.2. The van der Waals surface area contributed by atoms with Gasteiger partial charge in [0.25, 0.3) is 0 Å². The first-order valence-electron chi connectivity index (χ1n) is 13.4. The van der Waals surface area contributed by atoms with Crippen LogP contribution in [0, 0.1) is 17.1 Å². The van der Waals surface area contributed by atoms with Crippen molar-refractivity contribution in [3.63, 3.8) is 0 Å². The van der Waals surface area contributed by atoms with Crippen molar-refractivity contribution in [1.82, 2.24) is 19.8 Å². The van der Waals surface area contributed by atoms with Gasteiger partial charge in [0.1, 0.15) is 18.2 Å². The number of rotatable bonds is 7. The van der Waals surface area contributed by atoms with E-state index in [9.17, 15) is 14.4 Å². The predicted octanol–water partition coefficient (Wildman–Crippen LogP) is 3.42. The Kier molecular flexibility index (Phi) is 8.19. The molecular formula is C28H33ClFN7O2. The van der Waals surface area contributed by atoms with E-state index in [1.165, 1.54) is 12.1 Å². The topological polar surface area (TPSA) is 88.8 Å². The number of ether oxygens (including phenoxy) is 1. The number of likely N-dealkylation sites (N-methyl/N-ethyl adjacent to an activating group) is 1. The zero-order chi connectivity index (χ0) is 27.5. The lowest BCUT2D eigenvalue weighted by Crippen LogP contribution is -2.55. The molecule has 1 aromatic heterocycles. The smallest absolute Gasteiger partial charge is 0.318 e. The van der Waals surface area contributed by atoms with Gasteiger partial charge in [-0.2, -0.15) is 15.2 Å². The predicted molar refractivity (Wildman–Crippen MR) is 147 cm³/mol. The van der Waals surface area contributed by atoms with Crippen LogP contribution in [-0.4, -0.2) is 84.1 Å². The lowest BCUT2D eigenvalue weighted by atomic mass is 10.0. The summed E-state index contributed by atoms with van der Waals surface area (Å²) in [5, 5.41) is 9.53. The molecule has 206 valence electrons. The van der Waals surface area contributed by atoms with E-state index in [1.807, 2.05) is 11.0 Å². The zero-order valence-corrected chi connectivity index (χ0v) is 22.9. The number of hydrogen-bond donors (Lipinski definition) is 0. The van der Waals surface area contributed by atoms with Gasteiger partial charge in [-0.15, -0.1) is 0 Å². The van der Waals surface area contributed by atoms with E-state index in [0.29, 0.717) is 63.5 Å². The fourth-order valence-electron chi connectivity index (χ4n) is 5.75. The highest BCUT2D eigenvalue weighted by molar-refractivity contribution is 6.33. The summed E-state index contributed by atoms with van der Waals surface area (Å²) in [5.41, 5.74) is 2.44. The molecule has 39 heavy (non-hydrogen) atoms. The number of anilines is 2. The Labute approximate surface area is 233 Å². The van der Waals surface area contributed by atoms with Crippen LogP contribution in [0.2, 0.25) is 5.02 Å². The number of likely N-dealkylation sites (tertiary alicyclic amines) is 1. The van der Waals surface area contributed by atoms with E-state index >= 15 is 0 Å². The van der Waals surface area contributed by atoms with Gasteiger partial charge in [-0.3, -0.25) is 4.79 Å². The summed E-state index contributed by atoms with van der Waals surface area (Å²) in [6, 6.07) is 7.37. The maximum absolute atomic E-state index is 14.2. The van der Waals surface area contributed by atoms with Gasteiger partial charge >= 0.3 is 6.01 Å². The molecule has 9 nitrogen and oxygen atoms in total. The van der Waals surface area contributed by atoms with Gasteiger partial charge in [-0.1, -0.05) is 24.2 Å². The minimum absolute atomic E-state index is 0.0957. The van der Waals surface area contributed by atoms with Crippen molar-refractivity contribution in [2.24, 2.45) is 0 Å². The maximum Gasteiger partial charge on any atom is 0.318 e. The van der Waals surface area contributed by atoms with Crippen molar-refractivity contribution >= 4 is 29.0 Å². The average molecular weight is 554 g/mol. The molecule has 0 saturated carbocycles. The van der Waals surface area contributed by atoms with Gasteiger partial charge in [-0.05, 0) is 51.1 Å². The normalized spacial score (nSPS) is 21.4. The van der Waals surface area contributed by atoms with Crippen LogP contribution in [0.25, 0.3) is 0 Å². The van der Waals surface area contributed by atoms with Crippen molar-refractivity contribution in [1.29, 1.82) is 5.26 Å². The van der Waals surface area contributed by atoms with E-state index in [4.69, 9.17) is 26.3 Å². The summed E-state index contributed by atoms with van der Waals surface area (Å²) in [5.74, 6) is 0.142. The maximum atomic E-state index is 14.2. The lowest BCUT2D eigenvalue weighted by molar-refractivity contribution is -0.128. The van der Waals surface area contributed by atoms with Crippen LogP contribution in [0.15, 0.2) is 30.9 Å². The number of nitriles is 1. The number of piperazine rings is 1. The number of halogens is 2. The number of carbonyl (C=O) groups excluding carboxylic acids is 1. The first kappa shape index (κ1) is 27.2. The van der Waals surface area contributed by atoms with Crippen molar-refractivity contribution in [3.05, 3.63) is 53.0 Å². The van der Waals surface area contributed by atoms with Crippen molar-refractivity contribution in [2.45, 2.75) is 44.3 Å². The van der Waals surface area contributed by atoms with Crippen LogP contribution in [-0.2, 0) is 17.8 Å². The molecule has 0 N–H and O–H groups in total. The second-order valence-corrected chi connectivity index (χ2v) is 10.7. The highest BCUT2D eigenvalue weighted by Crippen LogP contribution is 2.35. The van der Waals surface area contributed by atoms with Gasteiger partial charge in [0.05, 0.1) is 41.5 Å². The van der Waals surface area contributed by atoms with Crippen molar-refractivity contribution in [3.8, 4) is 12.1 Å². The molecule has 1 amide bonds. The van der Waals surface area contributed by atoms with Crippen LogP contribution >= 0.6 is 11.6 Å². The highest BCUT2D eigenvalue weighted by Gasteiger charge is 2.33. The average Bonchev–Trinajstić information content (AvgIpc) is 3.36. The summed E-state index contributed by atoms with van der Waals surface area (Å²) in [4.78, 5) is 30.3. The fraction of sp³-hybridized carbons (Fsp3) is 0.500. The molecule has 2 atom stereocenters. The Balaban J connectivity index is 1.46. The molecule has 0 aliphatic carbocycles. The summed E-state index contributed by atoms with van der Waals surface area (Å²) in [7, 11) is 2.10. The van der Waals surface area contributed by atoms with Crippen LogP contribution in [0.1, 0.15) is 30.5 Å². The SMILES string of the molecule is C=CC(=O)N1CCN(c2nc(OCC3CCCN3C)nc3c2CCN(c2cccc(F)c2Cl)C3)CC1CC#N. The molecule has 0 spiro atoms. The Morgan fingerprint density at radius 3 is 2.85 bits per heavy atom. The Hall–Kier alpha value is -3.42. The number of fused-ring (bicyclic) bond motifs is 1. The second kappa shape index (κ2) is 11.8. The van der Waals surface area contributed by atoms with Crippen LogP contribution in [0.3, 0.4) is 0 Å². The number of hydrogen-bond acceptors (Lipinski definition) is 8. The third-order valence-electron chi connectivity index (χ3n) is 7.94. The van der Waals surface area contributed by atoms with Crippen LogP contribution < -0.4 is 14.5 Å². The van der Waals surface area contributed by atoms with Gasteiger partial charge < -0.3 is 24.3 Å². The van der Waals surface area contributed by atoms with E-state index in [-0.39, 0.29) is 23.4 Å². The fourth-order valence-corrected chi connectivity index (χ4v) is 6.00. The lowest BCUT2D eigenvalue weighted by Gasteiger charge is -2.42. The monoisotopic (exact) mass is 553 g/mol. The number of aromatic nitrogens is 2. The summed E-state index contributed by atoms with van der Waals surface area (Å²) < 4.78 is 20.4. The molecule has 2 unspecified atom stereocenters. The highest BCUT2D eigenvalue weighted by atomic mass is 35.5. The quantitative estimate of drug-likeness (QED) is 0.482. The third-order valence-corrected chi connectivity index (χ3v) is 8.31. The summed E-state index contributed by atoms with van der Waals surface area (Å²) >= 11 is 6.32. The Bertz CT molecular complexity index is 1290. The van der Waals surface area contributed by atoms with Gasteiger partial charge in [0, 0.05) is 37.8 Å². The first-order chi connectivity index (χ1) is 18.9. The molecule has 2 fully saturated rings. The summed E-state index contributed by atoms with van der Waals surface area (Å²) in [6.45, 7) is 7.71. The van der Waals surface area contributed by atoms with Crippen molar-refractivity contribution < 1.29 is 13.9 Å². The number of amides is 1. The minimum Gasteiger partial charge on any atom is -0.462 e. The van der Waals surface area contributed by atoms with Crippen molar-refractivity contribution in [2.75, 3.05) is 56.2 Å². The number of nitrogens with zero attached hydrogens (tertiary/aromatic N) is 7. The number of benzene rings is 1. The van der Waals surface area contributed by atoms with E-state index in [2.05, 4.69) is 29.5 Å². The number of carbonyl (C=O) groups is 1. The molecule has 1 aromatic carbocycles. The molecule has 2 aromatic rings. The summed E-state index contributed by atoms with van der Waals surface area (Å²) in [6.07, 6.45) is 4.35. The molecule has 3 aliphatic rings. The third kappa shape index (κ3) is 5.65. The molecule has 11 heteroatoms. The van der Waals surface area contributed by atoms with E-state index in [0.717, 1.165) is 36.5 Å². The minimum atomic E-state index is -0.455. The molecule has 5 rings (SSSR count). The van der Waals surface area contributed by atoms with E-state index < -0.39 is 5.82 Å². The second-order valence-electron chi connectivity index (χ2n) is 10.3. The molecule has 4 heterocycles. The molecule has 0 radical (unpaired) electrons. The molecule has 3 aliphatic heterocycles. The first-order valence-corrected chi connectivity index (χ1v) is 13.7. The molecule has 0 bridgehead atoms. The van der Waals surface area contributed by atoms with E-state index in [1.54, 1.807) is 11.0 Å². The van der Waals surface area contributed by atoms with Crippen LogP contribution in [0.4, 0.5) is 15.9 Å². The Morgan fingerprint density at radius 1 is 1.26 bits per heavy atom. The molecular weight excluding hydrogens is 521 g/mol. The van der Waals surface area contributed by atoms with Gasteiger partial charge in [-0.25, -0.2) is 4.39 Å².